The van der Waals surface area contributed by atoms with Crippen LogP contribution in [0.1, 0.15) is 57.2 Å². The third-order valence-electron chi connectivity index (χ3n) is 7.87. The lowest BCUT2D eigenvalue weighted by atomic mass is 10.1. The monoisotopic (exact) mass is 717 g/mol. The minimum absolute atomic E-state index is 0.0262. The number of carbonyl (C=O) groups is 1. The highest BCUT2D eigenvalue weighted by Crippen LogP contribution is 3.02. The van der Waals surface area contributed by atoms with E-state index in [2.05, 4.69) is 54.5 Å². The number of rotatable bonds is 9. The van der Waals surface area contributed by atoms with Gasteiger partial charge in [0.05, 0.1) is 43.0 Å². The molecule has 270 valence electrons. The van der Waals surface area contributed by atoms with E-state index in [0.717, 1.165) is 42.1 Å². The summed E-state index contributed by atoms with van der Waals surface area (Å²) < 4.78 is 73.3. The van der Waals surface area contributed by atoms with Crippen molar-refractivity contribution in [2.24, 2.45) is 4.99 Å². The summed E-state index contributed by atoms with van der Waals surface area (Å²) in [6.45, 7) is 10.6. The van der Waals surface area contributed by atoms with Crippen molar-refractivity contribution in [2.75, 3.05) is 18.7 Å². The number of hydrogen-bond acceptors (Lipinski definition) is 5. The Balaban J connectivity index is 0.000000313. The van der Waals surface area contributed by atoms with Gasteiger partial charge in [0.1, 0.15) is 10.6 Å². The number of aliphatic imine (C=N–C) groups is 1. The molecule has 0 aliphatic carbocycles. The van der Waals surface area contributed by atoms with Crippen LogP contribution in [0, 0.1) is 19.8 Å². The van der Waals surface area contributed by atoms with Crippen LogP contribution < -0.4 is 9.75 Å². The van der Waals surface area contributed by atoms with Crippen molar-refractivity contribution >= 4 is 27.7 Å². The van der Waals surface area contributed by atoms with E-state index in [1.165, 1.54) is 5.56 Å². The number of imidazole rings is 1. The summed E-state index contributed by atoms with van der Waals surface area (Å²) in [5, 5.41) is 3.42. The minimum Gasteiger partial charge on any atom is -0.495 e. The van der Waals surface area contributed by atoms with Crippen LogP contribution >= 0.6 is 10.2 Å². The molecule has 0 spiro atoms. The van der Waals surface area contributed by atoms with Gasteiger partial charge in [0, 0.05) is 12.7 Å². The first kappa shape index (κ1) is 39.6. The molecule has 0 bridgehead atoms. The number of allylic oxidation sites excluding steroid dienone is 3. The smallest absolute Gasteiger partial charge is 0.310 e. The Morgan fingerprint density at radius 3 is 2.30 bits per heavy atom. The Hall–Kier alpha value is -4.83. The minimum atomic E-state index is -9.78. The van der Waals surface area contributed by atoms with Crippen LogP contribution in [0.5, 0.6) is 5.75 Å². The number of carbonyl (C=O) groups excluding carboxylic acids is 1. The fourth-order valence-electron chi connectivity index (χ4n) is 5.46. The SMILES string of the molecule is C#C.C=C1CCCN2C1=NC(=O)CC(C/C=C\C=C/CC)N2c1ccc(S(F)(F)(F)(F)F)cc1.CCc1ccc(-n2cnc(C)c2)c(OC)c1. The first-order chi connectivity index (χ1) is 23.5. The Morgan fingerprint density at radius 2 is 1.72 bits per heavy atom. The fraction of sp³-hybridized carbons (Fsp3) is 0.324. The van der Waals surface area contributed by atoms with Gasteiger partial charge in [-0.15, -0.1) is 12.8 Å². The Labute approximate surface area is 291 Å². The summed E-state index contributed by atoms with van der Waals surface area (Å²) in [4.78, 5) is 19.0. The van der Waals surface area contributed by atoms with Gasteiger partial charge in [-0.2, -0.15) is 4.99 Å². The molecule has 0 saturated carbocycles. The predicted octanol–water partition coefficient (Wildman–Crippen LogP) is 10.3. The number of methoxy groups -OCH3 is 1. The summed E-state index contributed by atoms with van der Waals surface area (Å²) in [7, 11) is -8.08. The Morgan fingerprint density at radius 1 is 1.04 bits per heavy atom. The van der Waals surface area contributed by atoms with Gasteiger partial charge < -0.3 is 9.30 Å². The first-order valence-electron chi connectivity index (χ1n) is 16.1. The molecule has 3 aromatic rings. The molecular formula is C37H44F5N5O2S. The number of piperidine rings is 1. The number of ether oxygens (including phenoxy) is 1. The van der Waals surface area contributed by atoms with Gasteiger partial charge in [0.15, 0.2) is 5.84 Å². The highest BCUT2D eigenvalue weighted by Gasteiger charge is 2.65. The van der Waals surface area contributed by atoms with Crippen molar-refractivity contribution in [1.29, 1.82) is 0 Å². The van der Waals surface area contributed by atoms with E-state index in [4.69, 9.17) is 4.74 Å². The average Bonchev–Trinajstić information content (AvgIpc) is 3.45. The summed E-state index contributed by atoms with van der Waals surface area (Å²) in [6.07, 6.45) is 23.0. The second-order valence-electron chi connectivity index (χ2n) is 11.6. The number of anilines is 1. The van der Waals surface area contributed by atoms with Crippen molar-refractivity contribution in [1.82, 2.24) is 14.6 Å². The third-order valence-corrected chi connectivity index (χ3v) is 9.04. The van der Waals surface area contributed by atoms with Crippen LogP contribution in [-0.2, 0) is 11.2 Å². The zero-order chi connectivity index (χ0) is 37.2. The molecule has 13 heteroatoms. The fourth-order valence-corrected chi connectivity index (χ4v) is 6.11. The molecule has 2 aromatic carbocycles. The van der Waals surface area contributed by atoms with E-state index in [0.29, 0.717) is 49.3 Å². The average molecular weight is 718 g/mol. The van der Waals surface area contributed by atoms with Crippen molar-refractivity contribution in [3.05, 3.63) is 103 Å². The number of aryl methyl sites for hydroxylation is 2. The summed E-state index contributed by atoms with van der Waals surface area (Å²) in [5.74, 6) is 0.897. The van der Waals surface area contributed by atoms with E-state index < -0.39 is 21.2 Å². The molecular weight excluding hydrogens is 673 g/mol. The van der Waals surface area contributed by atoms with E-state index in [1.807, 2.05) is 48.9 Å². The summed E-state index contributed by atoms with van der Waals surface area (Å²) in [5.41, 5.74) is 4.23. The first-order valence-corrected chi connectivity index (χ1v) is 18.0. The predicted molar refractivity (Wildman–Crippen MR) is 194 cm³/mol. The van der Waals surface area contributed by atoms with Gasteiger partial charge in [-0.3, -0.25) is 14.8 Å². The standard InChI is InChI=1S/C22H26F5N3OS.C13H16N2O.C2H2/c1-3-4-5-6-7-10-19-16-21(31)28-22-17(2)9-8-15-29(22)30(19)18-11-13-20(14-12-18)32(23,24,25,26)27;1-4-11-5-6-12(13(7-11)16-3)15-8-10(2)14-9-15;1-2/h4-7,11-14,19H,2-3,8-10,15-16H2,1H3;5-9H,4H2,1-3H3;1-2H/b5-4-,7-6-;;. The van der Waals surface area contributed by atoms with Gasteiger partial charge in [-0.05, 0) is 86.6 Å². The van der Waals surface area contributed by atoms with Crippen molar-refractivity contribution in [3.8, 4) is 24.3 Å². The van der Waals surface area contributed by atoms with Crippen LogP contribution in [0.15, 0.2) is 101 Å². The molecule has 7 nitrogen and oxygen atoms in total. The van der Waals surface area contributed by atoms with E-state index in [1.54, 1.807) is 23.5 Å². The maximum atomic E-state index is 13.2. The third kappa shape index (κ3) is 10.3. The highest BCUT2D eigenvalue weighted by atomic mass is 32.5. The molecule has 2 aliphatic heterocycles. The lowest BCUT2D eigenvalue weighted by molar-refractivity contribution is -0.118. The molecule has 50 heavy (non-hydrogen) atoms. The molecule has 1 atom stereocenters. The van der Waals surface area contributed by atoms with Crippen LogP contribution in [0.4, 0.5) is 25.1 Å². The number of hydrogen-bond donors (Lipinski definition) is 0. The van der Waals surface area contributed by atoms with Crippen LogP contribution in [-0.4, -0.2) is 46.0 Å². The van der Waals surface area contributed by atoms with E-state index in [-0.39, 0.29) is 18.0 Å². The second kappa shape index (κ2) is 15.8. The Bertz CT molecular complexity index is 1760. The number of fused-ring (bicyclic) bond motifs is 1. The number of aromatic nitrogens is 2. The number of hydrazine groups is 1. The molecule has 2 aliphatic rings. The molecule has 1 amide bonds. The zero-order valence-electron chi connectivity index (χ0n) is 28.7. The topological polar surface area (TPSA) is 63.0 Å². The van der Waals surface area contributed by atoms with Crippen LogP contribution in [0.3, 0.4) is 0 Å². The molecule has 5 rings (SSSR count). The quantitative estimate of drug-likeness (QED) is 0.125. The molecule has 1 saturated heterocycles. The van der Waals surface area contributed by atoms with Gasteiger partial charge in [0.2, 0.25) is 5.91 Å². The van der Waals surface area contributed by atoms with E-state index in [9.17, 15) is 24.2 Å². The largest absolute Gasteiger partial charge is 0.495 e. The highest BCUT2D eigenvalue weighted by molar-refractivity contribution is 8.45. The number of benzene rings is 2. The van der Waals surface area contributed by atoms with Crippen LogP contribution in [0.2, 0.25) is 0 Å². The lowest BCUT2D eigenvalue weighted by Crippen LogP contribution is -2.53. The van der Waals surface area contributed by atoms with Crippen molar-refractivity contribution < 1.29 is 29.0 Å². The molecule has 0 N–H and O–H groups in total. The lowest BCUT2D eigenvalue weighted by Gasteiger charge is -2.44. The molecule has 3 heterocycles. The van der Waals surface area contributed by atoms with Gasteiger partial charge in [-0.25, -0.2) is 4.98 Å². The maximum Gasteiger partial charge on any atom is 0.310 e. The molecule has 1 fully saturated rings. The Kier molecular flexibility index (Phi) is 12.5. The maximum absolute atomic E-state index is 13.2. The number of terminal acetylenes is 1. The number of amides is 1. The van der Waals surface area contributed by atoms with Crippen molar-refractivity contribution in [2.45, 2.75) is 70.2 Å². The van der Waals surface area contributed by atoms with E-state index >= 15 is 0 Å². The number of halogens is 5. The molecule has 0 radical (unpaired) electrons. The molecule has 1 unspecified atom stereocenters. The number of amidine groups is 1. The van der Waals surface area contributed by atoms with Crippen molar-refractivity contribution in [3.63, 3.8) is 0 Å². The van der Waals surface area contributed by atoms with Gasteiger partial charge in [0.25, 0.3) is 0 Å². The van der Waals surface area contributed by atoms with Crippen LogP contribution in [0.25, 0.3) is 5.69 Å². The molecule has 1 aromatic heterocycles. The summed E-state index contributed by atoms with van der Waals surface area (Å²) >= 11 is 0. The zero-order valence-corrected chi connectivity index (χ0v) is 29.6. The van der Waals surface area contributed by atoms with Gasteiger partial charge >= 0.3 is 10.2 Å². The van der Waals surface area contributed by atoms with Gasteiger partial charge in [-0.1, -0.05) is 70.2 Å². The normalized spacial score (nSPS) is 17.8. The second-order valence-corrected chi connectivity index (χ2v) is 14.0. The number of nitrogens with zero attached hydrogens (tertiary/aromatic N) is 5. The summed E-state index contributed by atoms with van der Waals surface area (Å²) in [6, 6.07) is 8.65.